The molecule has 0 aliphatic carbocycles. The highest BCUT2D eigenvalue weighted by molar-refractivity contribution is 8.00. The molecule has 0 saturated carbocycles. The molecule has 0 aromatic heterocycles. The van der Waals surface area contributed by atoms with Crippen molar-refractivity contribution in [3.05, 3.63) is 0 Å². The Bertz CT molecular complexity index is 468. The summed E-state index contributed by atoms with van der Waals surface area (Å²) in [5, 5.41) is 9.61. The van der Waals surface area contributed by atoms with Gasteiger partial charge in [0, 0.05) is 30.8 Å². The first-order valence-corrected chi connectivity index (χ1v) is 9.25. The van der Waals surface area contributed by atoms with Crippen molar-refractivity contribution in [1.82, 2.24) is 9.80 Å². The van der Waals surface area contributed by atoms with E-state index >= 15 is 0 Å². The number of hydrogen-bond donors (Lipinski definition) is 2. The molecule has 2 heterocycles. The first-order chi connectivity index (χ1) is 10.6. The Hall–Kier alpha value is -0.790. The highest BCUT2D eigenvalue weighted by Crippen LogP contribution is 2.44. The average molecular weight is 343 g/mol. The number of rotatable bonds is 2. The van der Waals surface area contributed by atoms with Gasteiger partial charge in [-0.25, -0.2) is 0 Å². The molecule has 2 amide bonds. The minimum absolute atomic E-state index is 0.161. The molecule has 0 aromatic rings. The Balaban J connectivity index is 2.06. The molecular weight excluding hydrogens is 314 g/mol. The first-order valence-electron chi connectivity index (χ1n) is 8.27. The van der Waals surface area contributed by atoms with Crippen LogP contribution in [0.1, 0.15) is 40.5 Å². The Labute approximate surface area is 142 Å². The van der Waals surface area contributed by atoms with E-state index in [0.29, 0.717) is 19.6 Å². The maximum atomic E-state index is 12.6. The zero-order valence-corrected chi connectivity index (χ0v) is 15.4. The molecule has 132 valence electrons. The summed E-state index contributed by atoms with van der Waals surface area (Å²) in [6.45, 7) is 9.33. The van der Waals surface area contributed by atoms with Crippen LogP contribution in [-0.4, -0.2) is 69.1 Å². The van der Waals surface area contributed by atoms with Crippen LogP contribution in [0.4, 0.5) is 0 Å². The number of aliphatic hydroxyl groups is 1. The lowest BCUT2D eigenvalue weighted by molar-refractivity contribution is -0.143. The van der Waals surface area contributed by atoms with E-state index in [1.807, 2.05) is 30.6 Å². The van der Waals surface area contributed by atoms with Gasteiger partial charge < -0.3 is 20.6 Å². The smallest absolute Gasteiger partial charge is 0.243 e. The highest BCUT2D eigenvalue weighted by Gasteiger charge is 2.48. The zero-order chi connectivity index (χ0) is 17.4. The summed E-state index contributed by atoms with van der Waals surface area (Å²) in [5.74, 6) is 0.861. The van der Waals surface area contributed by atoms with E-state index < -0.39 is 12.1 Å². The zero-order valence-electron chi connectivity index (χ0n) is 14.5. The number of aliphatic hydroxyl groups excluding tert-OH is 1. The monoisotopic (exact) mass is 343 g/mol. The van der Waals surface area contributed by atoms with Crippen molar-refractivity contribution in [1.29, 1.82) is 0 Å². The van der Waals surface area contributed by atoms with Gasteiger partial charge in [-0.3, -0.25) is 9.59 Å². The van der Waals surface area contributed by atoms with Crippen molar-refractivity contribution in [2.24, 2.45) is 11.1 Å². The number of likely N-dealkylation sites (tertiary alicyclic amines) is 1. The number of nitrogens with two attached hydrogens (primary N) is 1. The average Bonchev–Trinajstić information content (AvgIpc) is 2.88. The number of carbonyl (C=O) groups is 2. The SMILES string of the molecule is C[C@@H](O)[C@H](N)C(=O)N1CCSC12CCN(C(=O)C(C)(C)C)CC2. The minimum Gasteiger partial charge on any atom is -0.391 e. The van der Waals surface area contributed by atoms with Crippen LogP contribution in [0.25, 0.3) is 0 Å². The molecule has 0 bridgehead atoms. The van der Waals surface area contributed by atoms with Crippen LogP contribution in [0, 0.1) is 5.41 Å². The third-order valence-corrected chi connectivity index (χ3v) is 6.27. The molecule has 0 aromatic carbocycles. The molecule has 2 aliphatic heterocycles. The maximum absolute atomic E-state index is 12.6. The second-order valence-electron chi connectivity index (χ2n) is 7.59. The second kappa shape index (κ2) is 6.61. The predicted molar refractivity (Wildman–Crippen MR) is 91.8 cm³/mol. The molecule has 2 fully saturated rings. The number of piperidine rings is 1. The lowest BCUT2D eigenvalue weighted by Crippen LogP contribution is -2.59. The first kappa shape index (κ1) is 18.5. The van der Waals surface area contributed by atoms with Crippen LogP contribution >= 0.6 is 11.8 Å². The lowest BCUT2D eigenvalue weighted by Gasteiger charge is -2.45. The second-order valence-corrected chi connectivity index (χ2v) is 9.05. The van der Waals surface area contributed by atoms with Gasteiger partial charge in [0.2, 0.25) is 11.8 Å². The van der Waals surface area contributed by atoms with Crippen molar-refractivity contribution in [3.63, 3.8) is 0 Å². The van der Waals surface area contributed by atoms with E-state index in [-0.39, 0.29) is 22.1 Å². The fraction of sp³-hybridized carbons (Fsp3) is 0.875. The molecule has 1 spiro atoms. The van der Waals surface area contributed by atoms with E-state index in [4.69, 9.17) is 5.73 Å². The van der Waals surface area contributed by atoms with Gasteiger partial charge in [0.25, 0.3) is 0 Å². The summed E-state index contributed by atoms with van der Waals surface area (Å²) in [4.78, 5) is 28.5. The quantitative estimate of drug-likeness (QED) is 0.768. The van der Waals surface area contributed by atoms with E-state index in [9.17, 15) is 14.7 Å². The molecule has 2 rings (SSSR count). The van der Waals surface area contributed by atoms with Gasteiger partial charge in [-0.2, -0.15) is 0 Å². The van der Waals surface area contributed by atoms with Crippen molar-refractivity contribution >= 4 is 23.6 Å². The van der Waals surface area contributed by atoms with Crippen LogP contribution in [-0.2, 0) is 9.59 Å². The Morgan fingerprint density at radius 3 is 2.26 bits per heavy atom. The largest absolute Gasteiger partial charge is 0.391 e. The summed E-state index contributed by atoms with van der Waals surface area (Å²) in [5.41, 5.74) is 5.47. The fourth-order valence-electron chi connectivity index (χ4n) is 3.25. The van der Waals surface area contributed by atoms with Gasteiger partial charge >= 0.3 is 0 Å². The van der Waals surface area contributed by atoms with Crippen LogP contribution < -0.4 is 5.73 Å². The third-order valence-electron chi connectivity index (χ3n) is 4.72. The summed E-state index contributed by atoms with van der Waals surface area (Å²) in [6.07, 6.45) is 0.669. The van der Waals surface area contributed by atoms with Crippen molar-refractivity contribution < 1.29 is 14.7 Å². The number of thioether (sulfide) groups is 1. The Morgan fingerprint density at radius 1 is 1.22 bits per heavy atom. The van der Waals surface area contributed by atoms with Gasteiger partial charge in [0.05, 0.1) is 11.0 Å². The molecule has 6 nitrogen and oxygen atoms in total. The van der Waals surface area contributed by atoms with E-state index in [0.717, 1.165) is 18.6 Å². The lowest BCUT2D eigenvalue weighted by atomic mass is 9.92. The van der Waals surface area contributed by atoms with Gasteiger partial charge in [0.15, 0.2) is 0 Å². The number of nitrogens with zero attached hydrogens (tertiary/aromatic N) is 2. The molecule has 0 radical (unpaired) electrons. The molecule has 0 unspecified atom stereocenters. The molecule has 2 aliphatic rings. The molecule has 2 saturated heterocycles. The number of amides is 2. The van der Waals surface area contributed by atoms with Gasteiger partial charge in [-0.15, -0.1) is 11.8 Å². The minimum atomic E-state index is -0.875. The predicted octanol–water partition coefficient (Wildman–Crippen LogP) is 0.635. The topological polar surface area (TPSA) is 86.9 Å². The van der Waals surface area contributed by atoms with Crippen LogP contribution in [0.5, 0.6) is 0 Å². The van der Waals surface area contributed by atoms with Crippen molar-refractivity contribution in [2.45, 2.75) is 57.6 Å². The van der Waals surface area contributed by atoms with Gasteiger partial charge in [0.1, 0.15) is 6.04 Å². The molecular formula is C16H29N3O3S. The molecule has 7 heteroatoms. The van der Waals surface area contributed by atoms with E-state index in [2.05, 4.69) is 0 Å². The Morgan fingerprint density at radius 2 is 1.78 bits per heavy atom. The molecule has 2 atom stereocenters. The van der Waals surface area contributed by atoms with Crippen LogP contribution in [0.3, 0.4) is 0 Å². The van der Waals surface area contributed by atoms with Gasteiger partial charge in [-0.05, 0) is 19.8 Å². The van der Waals surface area contributed by atoms with Crippen molar-refractivity contribution in [2.75, 3.05) is 25.4 Å². The number of hydrogen-bond acceptors (Lipinski definition) is 5. The Kier molecular flexibility index (Phi) is 5.33. The van der Waals surface area contributed by atoms with Crippen LogP contribution in [0.2, 0.25) is 0 Å². The van der Waals surface area contributed by atoms with Gasteiger partial charge in [-0.1, -0.05) is 20.8 Å². The third kappa shape index (κ3) is 3.67. The van der Waals surface area contributed by atoms with E-state index in [1.54, 1.807) is 18.7 Å². The summed E-state index contributed by atoms with van der Waals surface area (Å²) in [7, 11) is 0. The number of carbonyl (C=O) groups excluding carboxylic acids is 2. The summed E-state index contributed by atoms with van der Waals surface area (Å²) in [6, 6.07) is -0.875. The molecule has 3 N–H and O–H groups in total. The summed E-state index contributed by atoms with van der Waals surface area (Å²) < 4.78 is 0. The van der Waals surface area contributed by atoms with Crippen molar-refractivity contribution in [3.8, 4) is 0 Å². The summed E-state index contributed by atoms with van der Waals surface area (Å²) >= 11 is 1.78. The maximum Gasteiger partial charge on any atom is 0.243 e. The van der Waals surface area contributed by atoms with E-state index in [1.165, 1.54) is 0 Å². The molecule has 23 heavy (non-hydrogen) atoms. The normalized spacial score (nSPS) is 23.9. The fourth-order valence-corrected chi connectivity index (χ4v) is 4.72. The highest BCUT2D eigenvalue weighted by atomic mass is 32.2. The standard InChI is InChI=1S/C16H29N3O3S/c1-11(20)12(17)13(21)19-9-10-23-16(19)5-7-18(8-6-16)14(22)15(2,3)4/h11-12,20H,5-10,17H2,1-4H3/t11-,12+/m1/s1. The van der Waals surface area contributed by atoms with Crippen LogP contribution in [0.15, 0.2) is 0 Å².